The van der Waals surface area contributed by atoms with Gasteiger partial charge in [0.2, 0.25) is 0 Å². The molecule has 0 spiro atoms. The average molecular weight is 224 g/mol. The quantitative estimate of drug-likeness (QED) is 0.484. The van der Waals surface area contributed by atoms with Crippen LogP contribution in [0.2, 0.25) is 0 Å². The number of carbonyl (C=O) groups is 1. The molecule has 0 fully saturated rings. The molecule has 0 saturated carbocycles. The highest BCUT2D eigenvalue weighted by Crippen LogP contribution is 2.21. The lowest BCUT2D eigenvalue weighted by Gasteiger charge is -2.09. The van der Waals surface area contributed by atoms with Gasteiger partial charge >= 0.3 is 0 Å². The number of ether oxygens (including phenoxy) is 1. The Balaban J connectivity index is 2.68. The summed E-state index contributed by atoms with van der Waals surface area (Å²) in [6.07, 6.45) is 1.37. The third-order valence-electron chi connectivity index (χ3n) is 2.08. The summed E-state index contributed by atoms with van der Waals surface area (Å²) in [5, 5.41) is 8.60. The standard InChI is InChI=1S/C11H16N2O3/c12-8-3-4-9(11(13)15)10(7-8)16-6-2-1-5-14/h3-4,7,14H,1-2,5-6,12H2,(H2,13,15). The van der Waals surface area contributed by atoms with Crippen molar-refractivity contribution in [1.29, 1.82) is 0 Å². The van der Waals surface area contributed by atoms with Crippen molar-refractivity contribution in [2.75, 3.05) is 18.9 Å². The van der Waals surface area contributed by atoms with Gasteiger partial charge in [-0.05, 0) is 25.0 Å². The summed E-state index contributed by atoms with van der Waals surface area (Å²) in [6.45, 7) is 0.549. The summed E-state index contributed by atoms with van der Waals surface area (Å²) in [5.74, 6) is -0.150. The highest BCUT2D eigenvalue weighted by molar-refractivity contribution is 5.96. The molecule has 16 heavy (non-hydrogen) atoms. The first-order valence-corrected chi connectivity index (χ1v) is 5.08. The summed E-state index contributed by atoms with van der Waals surface area (Å²) in [6, 6.07) is 4.71. The molecule has 0 radical (unpaired) electrons. The number of carbonyl (C=O) groups excluding carboxylic acids is 1. The van der Waals surface area contributed by atoms with Crippen molar-refractivity contribution >= 4 is 11.6 Å². The van der Waals surface area contributed by atoms with E-state index in [0.717, 1.165) is 0 Å². The number of nitrogen functional groups attached to an aromatic ring is 1. The Labute approximate surface area is 94.0 Å². The van der Waals surface area contributed by atoms with E-state index in [-0.39, 0.29) is 6.61 Å². The third kappa shape index (κ3) is 3.43. The number of unbranched alkanes of at least 4 members (excludes halogenated alkanes) is 1. The smallest absolute Gasteiger partial charge is 0.252 e. The second-order valence-electron chi connectivity index (χ2n) is 3.40. The van der Waals surface area contributed by atoms with Crippen LogP contribution in [-0.2, 0) is 0 Å². The maximum absolute atomic E-state index is 11.1. The topological polar surface area (TPSA) is 98.6 Å². The van der Waals surface area contributed by atoms with E-state index in [2.05, 4.69) is 0 Å². The van der Waals surface area contributed by atoms with Crippen LogP contribution in [0, 0.1) is 0 Å². The van der Waals surface area contributed by atoms with Crippen LogP contribution in [0.4, 0.5) is 5.69 Å². The Morgan fingerprint density at radius 2 is 2.12 bits per heavy atom. The van der Waals surface area contributed by atoms with Gasteiger partial charge in [0.1, 0.15) is 5.75 Å². The first-order valence-electron chi connectivity index (χ1n) is 5.08. The van der Waals surface area contributed by atoms with Gasteiger partial charge in [0, 0.05) is 18.4 Å². The second-order valence-corrected chi connectivity index (χ2v) is 3.40. The summed E-state index contributed by atoms with van der Waals surface area (Å²) in [5.41, 5.74) is 11.6. The number of amides is 1. The minimum atomic E-state index is -0.544. The van der Waals surface area contributed by atoms with Crippen molar-refractivity contribution in [3.63, 3.8) is 0 Å². The van der Waals surface area contributed by atoms with Crippen LogP contribution in [0.15, 0.2) is 18.2 Å². The Hall–Kier alpha value is -1.75. The predicted octanol–water partition coefficient (Wildman–Crippen LogP) is 0.519. The number of hydrogen-bond acceptors (Lipinski definition) is 4. The highest BCUT2D eigenvalue weighted by atomic mass is 16.5. The minimum absolute atomic E-state index is 0.128. The van der Waals surface area contributed by atoms with Crippen LogP contribution in [0.25, 0.3) is 0 Å². The predicted molar refractivity (Wildman–Crippen MR) is 61.2 cm³/mol. The molecule has 0 saturated heterocycles. The van der Waals surface area contributed by atoms with Gasteiger partial charge in [0.25, 0.3) is 5.91 Å². The number of aliphatic hydroxyl groups is 1. The SMILES string of the molecule is NC(=O)c1ccc(N)cc1OCCCCO. The van der Waals surface area contributed by atoms with Crippen molar-refractivity contribution in [3.05, 3.63) is 23.8 Å². The fourth-order valence-corrected chi connectivity index (χ4v) is 1.26. The molecule has 5 N–H and O–H groups in total. The summed E-state index contributed by atoms with van der Waals surface area (Å²) in [4.78, 5) is 11.1. The molecule has 0 aliphatic carbocycles. The van der Waals surface area contributed by atoms with Gasteiger partial charge in [-0.2, -0.15) is 0 Å². The molecule has 0 unspecified atom stereocenters. The van der Waals surface area contributed by atoms with Crippen molar-refractivity contribution in [3.8, 4) is 5.75 Å². The lowest BCUT2D eigenvalue weighted by molar-refractivity contribution is 0.0996. The molecule has 0 aliphatic heterocycles. The Morgan fingerprint density at radius 1 is 1.38 bits per heavy atom. The molecule has 0 atom stereocenters. The van der Waals surface area contributed by atoms with E-state index in [1.165, 1.54) is 0 Å². The summed E-state index contributed by atoms with van der Waals surface area (Å²) < 4.78 is 5.39. The molecule has 1 aromatic carbocycles. The number of benzene rings is 1. The van der Waals surface area contributed by atoms with E-state index < -0.39 is 5.91 Å². The molecule has 0 aliphatic rings. The Bertz CT molecular complexity index is 366. The number of nitrogens with two attached hydrogens (primary N) is 2. The number of hydrogen-bond donors (Lipinski definition) is 3. The zero-order valence-electron chi connectivity index (χ0n) is 8.98. The van der Waals surface area contributed by atoms with E-state index in [1.807, 2.05) is 0 Å². The third-order valence-corrected chi connectivity index (χ3v) is 2.08. The minimum Gasteiger partial charge on any atom is -0.493 e. The lowest BCUT2D eigenvalue weighted by Crippen LogP contribution is -2.13. The van der Waals surface area contributed by atoms with E-state index in [1.54, 1.807) is 18.2 Å². The van der Waals surface area contributed by atoms with Crippen molar-refractivity contribution in [2.24, 2.45) is 5.73 Å². The normalized spacial score (nSPS) is 10.1. The fourth-order valence-electron chi connectivity index (χ4n) is 1.26. The number of anilines is 1. The fraction of sp³-hybridized carbons (Fsp3) is 0.364. The van der Waals surface area contributed by atoms with E-state index in [9.17, 15) is 4.79 Å². The van der Waals surface area contributed by atoms with Crippen molar-refractivity contribution < 1.29 is 14.6 Å². The van der Waals surface area contributed by atoms with Crippen LogP contribution in [-0.4, -0.2) is 24.2 Å². The Morgan fingerprint density at radius 3 is 2.75 bits per heavy atom. The van der Waals surface area contributed by atoms with Gasteiger partial charge in [-0.25, -0.2) is 0 Å². The van der Waals surface area contributed by atoms with Crippen LogP contribution in [0.5, 0.6) is 5.75 Å². The average Bonchev–Trinajstić information content (AvgIpc) is 2.24. The van der Waals surface area contributed by atoms with Gasteiger partial charge in [0.15, 0.2) is 0 Å². The maximum atomic E-state index is 11.1. The van der Waals surface area contributed by atoms with Crippen molar-refractivity contribution in [2.45, 2.75) is 12.8 Å². The molecule has 5 heteroatoms. The lowest BCUT2D eigenvalue weighted by atomic mass is 10.1. The van der Waals surface area contributed by atoms with E-state index in [0.29, 0.717) is 36.4 Å². The van der Waals surface area contributed by atoms with Gasteiger partial charge < -0.3 is 21.3 Å². The number of aliphatic hydroxyl groups excluding tert-OH is 1. The summed E-state index contributed by atoms with van der Waals surface area (Å²) in [7, 11) is 0. The van der Waals surface area contributed by atoms with Gasteiger partial charge in [-0.1, -0.05) is 0 Å². The van der Waals surface area contributed by atoms with Crippen LogP contribution < -0.4 is 16.2 Å². The van der Waals surface area contributed by atoms with Crippen molar-refractivity contribution in [1.82, 2.24) is 0 Å². The van der Waals surface area contributed by atoms with Gasteiger partial charge in [0.05, 0.1) is 12.2 Å². The molecule has 0 heterocycles. The maximum Gasteiger partial charge on any atom is 0.252 e. The zero-order chi connectivity index (χ0) is 12.0. The molecular weight excluding hydrogens is 208 g/mol. The molecule has 1 aromatic rings. The molecular formula is C11H16N2O3. The Kier molecular flexibility index (Phi) is 4.60. The van der Waals surface area contributed by atoms with Crippen LogP contribution in [0.3, 0.4) is 0 Å². The van der Waals surface area contributed by atoms with E-state index in [4.69, 9.17) is 21.3 Å². The van der Waals surface area contributed by atoms with Gasteiger partial charge in [-0.3, -0.25) is 4.79 Å². The van der Waals surface area contributed by atoms with Crippen LogP contribution in [0.1, 0.15) is 23.2 Å². The largest absolute Gasteiger partial charge is 0.493 e. The second kappa shape index (κ2) is 5.97. The highest BCUT2D eigenvalue weighted by Gasteiger charge is 2.09. The van der Waals surface area contributed by atoms with Gasteiger partial charge in [-0.15, -0.1) is 0 Å². The summed E-state index contributed by atoms with van der Waals surface area (Å²) >= 11 is 0. The first kappa shape index (κ1) is 12.3. The molecule has 0 aromatic heterocycles. The number of primary amides is 1. The molecule has 88 valence electrons. The molecule has 5 nitrogen and oxygen atoms in total. The monoisotopic (exact) mass is 224 g/mol. The molecule has 0 bridgehead atoms. The first-order chi connectivity index (χ1) is 7.65. The molecule has 1 amide bonds. The van der Waals surface area contributed by atoms with Crippen LogP contribution >= 0.6 is 0 Å². The van der Waals surface area contributed by atoms with E-state index >= 15 is 0 Å². The zero-order valence-corrected chi connectivity index (χ0v) is 8.98. The molecule has 1 rings (SSSR count). The number of rotatable bonds is 6.